The summed E-state index contributed by atoms with van der Waals surface area (Å²) in [7, 11) is 3.12. The zero-order valence-electron chi connectivity index (χ0n) is 20.9. The van der Waals surface area contributed by atoms with E-state index in [-0.39, 0.29) is 12.5 Å². The molecule has 1 atom stereocenters. The largest absolute Gasteiger partial charge is 0.496 e. The number of benzene rings is 1. The monoisotopic (exact) mass is 481 g/mol. The second-order valence-electron chi connectivity index (χ2n) is 8.74. The molecule has 0 aliphatic rings. The van der Waals surface area contributed by atoms with Crippen LogP contribution in [0.4, 0.5) is 4.79 Å². The molecule has 0 bridgehead atoms. The zero-order valence-corrected chi connectivity index (χ0v) is 20.9. The molecule has 0 aromatic heterocycles. The number of esters is 1. The first-order valence-electron chi connectivity index (χ1n) is 11.4. The minimum Gasteiger partial charge on any atom is -0.496 e. The molecule has 2 amide bonds. The molecule has 0 unspecified atom stereocenters. The van der Waals surface area contributed by atoms with E-state index >= 15 is 0 Å². The Morgan fingerprint density at radius 3 is 2.50 bits per heavy atom. The van der Waals surface area contributed by atoms with Gasteiger partial charge in [-0.2, -0.15) is 0 Å². The predicted molar refractivity (Wildman–Crippen MR) is 128 cm³/mol. The number of rotatable bonds is 14. The maximum absolute atomic E-state index is 12.2. The lowest BCUT2D eigenvalue weighted by Crippen LogP contribution is -2.34. The Morgan fingerprint density at radius 1 is 1.12 bits per heavy atom. The summed E-state index contributed by atoms with van der Waals surface area (Å²) in [5.74, 6) is 0.588. The smallest absolute Gasteiger partial charge is 0.407 e. The highest BCUT2D eigenvalue weighted by molar-refractivity contribution is 5.75. The Hall–Kier alpha value is -3.01. The molecule has 0 spiro atoms. The van der Waals surface area contributed by atoms with Gasteiger partial charge in [0, 0.05) is 31.6 Å². The van der Waals surface area contributed by atoms with Gasteiger partial charge >= 0.3 is 12.1 Å². The third-order valence-electron chi connectivity index (χ3n) is 4.64. The van der Waals surface area contributed by atoms with Gasteiger partial charge in [-0.05, 0) is 58.6 Å². The fourth-order valence-corrected chi connectivity index (χ4v) is 2.85. The zero-order chi connectivity index (χ0) is 25.6. The molecule has 0 fully saturated rings. The quantitative estimate of drug-likeness (QED) is 0.272. The summed E-state index contributed by atoms with van der Waals surface area (Å²) >= 11 is 0. The van der Waals surface area contributed by atoms with Gasteiger partial charge in [0.2, 0.25) is 5.91 Å². The number of methoxy groups -OCH3 is 1. The van der Waals surface area contributed by atoms with Crippen LogP contribution in [0, 0.1) is 0 Å². The van der Waals surface area contributed by atoms with Crippen LogP contribution < -0.4 is 25.8 Å². The molecule has 0 aliphatic heterocycles. The van der Waals surface area contributed by atoms with Gasteiger partial charge in [0.05, 0.1) is 13.7 Å². The molecule has 1 aromatic carbocycles. The van der Waals surface area contributed by atoms with Gasteiger partial charge in [0.15, 0.2) is 0 Å². The normalized spacial score (nSPS) is 11.8. The van der Waals surface area contributed by atoms with E-state index in [1.165, 1.54) is 7.11 Å². The lowest BCUT2D eigenvalue weighted by molar-refractivity contribution is -0.146. The third kappa shape index (κ3) is 12.3. The van der Waals surface area contributed by atoms with Crippen molar-refractivity contribution in [3.05, 3.63) is 23.8 Å². The van der Waals surface area contributed by atoms with Crippen LogP contribution >= 0.6 is 0 Å². The van der Waals surface area contributed by atoms with Gasteiger partial charge in [-0.15, -0.1) is 0 Å². The molecule has 1 aromatic rings. The van der Waals surface area contributed by atoms with Crippen LogP contribution in [0.2, 0.25) is 0 Å². The third-order valence-corrected chi connectivity index (χ3v) is 4.64. The van der Waals surface area contributed by atoms with E-state index in [9.17, 15) is 14.4 Å². The van der Waals surface area contributed by atoms with Crippen LogP contribution in [-0.4, -0.2) is 56.9 Å². The summed E-state index contributed by atoms with van der Waals surface area (Å²) in [6.45, 7) is 6.25. The van der Waals surface area contributed by atoms with Crippen LogP contribution in [0.5, 0.6) is 11.5 Å². The molecule has 1 rings (SSSR count). The Bertz CT molecular complexity index is 793. The van der Waals surface area contributed by atoms with Gasteiger partial charge in [-0.1, -0.05) is 0 Å². The molecule has 10 heteroatoms. The van der Waals surface area contributed by atoms with E-state index in [1.54, 1.807) is 46.0 Å². The summed E-state index contributed by atoms with van der Waals surface area (Å²) in [4.78, 5) is 35.1. The number of unbranched alkanes of at least 4 members (excludes halogenated alkanes) is 1. The second-order valence-corrected chi connectivity index (χ2v) is 8.74. The van der Waals surface area contributed by atoms with Crippen LogP contribution in [0.1, 0.15) is 58.4 Å². The fraction of sp³-hybridized carbons (Fsp3) is 0.625. The Morgan fingerprint density at radius 2 is 1.85 bits per heavy atom. The fourth-order valence-electron chi connectivity index (χ4n) is 2.85. The van der Waals surface area contributed by atoms with E-state index in [1.807, 2.05) is 0 Å². The summed E-state index contributed by atoms with van der Waals surface area (Å²) in [5.41, 5.74) is 6.08. The van der Waals surface area contributed by atoms with Crippen molar-refractivity contribution in [2.45, 2.75) is 71.1 Å². The summed E-state index contributed by atoms with van der Waals surface area (Å²) in [6, 6.07) is 4.47. The lowest BCUT2D eigenvalue weighted by atomic mass is 10.1. The predicted octanol–water partition coefficient (Wildman–Crippen LogP) is 2.67. The first kappa shape index (κ1) is 29.0. The molecule has 0 radical (unpaired) electrons. The van der Waals surface area contributed by atoms with Gasteiger partial charge in [-0.25, -0.2) is 4.79 Å². The number of hydrogen-bond donors (Lipinski definition) is 3. The molecular formula is C24H39N3O7. The average molecular weight is 482 g/mol. The number of ether oxygens (including phenoxy) is 4. The van der Waals surface area contributed by atoms with Crippen LogP contribution in [0.25, 0.3) is 0 Å². The van der Waals surface area contributed by atoms with Crippen LogP contribution in [0.3, 0.4) is 0 Å². The SMILES string of the molecule is CNC(=O)CCCOc1ccc(COC(=O)[C@@H](N)CCCCNC(=O)OC(C)(C)C)c(OC)c1. The first-order valence-corrected chi connectivity index (χ1v) is 11.4. The first-order chi connectivity index (χ1) is 16.1. The van der Waals surface area contributed by atoms with Crippen molar-refractivity contribution >= 4 is 18.0 Å². The molecule has 0 aliphatic carbocycles. The molecule has 34 heavy (non-hydrogen) atoms. The van der Waals surface area contributed by atoms with E-state index in [0.717, 1.165) is 0 Å². The second kappa shape index (κ2) is 15.0. The van der Waals surface area contributed by atoms with E-state index in [0.29, 0.717) is 62.3 Å². The number of alkyl carbamates (subject to hydrolysis) is 1. The summed E-state index contributed by atoms with van der Waals surface area (Å²) in [6.07, 6.45) is 2.28. The topological polar surface area (TPSA) is 138 Å². The van der Waals surface area contributed by atoms with Crippen molar-refractivity contribution in [2.75, 3.05) is 27.3 Å². The minimum absolute atomic E-state index is 0.0207. The number of amides is 2. The van der Waals surface area contributed by atoms with E-state index in [4.69, 9.17) is 24.7 Å². The van der Waals surface area contributed by atoms with Crippen molar-refractivity contribution in [3.8, 4) is 11.5 Å². The van der Waals surface area contributed by atoms with Crippen molar-refractivity contribution < 1.29 is 33.3 Å². The standard InChI is InChI=1S/C24H39N3O7/c1-24(2,3)34-23(30)27-13-7-6-9-19(25)22(29)33-16-17-11-12-18(15-20(17)31-5)32-14-8-10-21(28)26-4/h11-12,15,19H,6-10,13-14,16,25H2,1-5H3,(H,26,28)(H,27,30)/t19-/m0/s1. The maximum Gasteiger partial charge on any atom is 0.407 e. The molecule has 0 saturated carbocycles. The number of nitrogens with one attached hydrogen (secondary N) is 2. The molecule has 10 nitrogen and oxygen atoms in total. The average Bonchev–Trinajstić information content (AvgIpc) is 2.78. The maximum atomic E-state index is 12.2. The highest BCUT2D eigenvalue weighted by atomic mass is 16.6. The van der Waals surface area contributed by atoms with Crippen molar-refractivity contribution in [3.63, 3.8) is 0 Å². The molecular weight excluding hydrogens is 442 g/mol. The van der Waals surface area contributed by atoms with Gasteiger partial charge in [-0.3, -0.25) is 9.59 Å². The van der Waals surface area contributed by atoms with E-state index < -0.39 is 23.7 Å². The highest BCUT2D eigenvalue weighted by Crippen LogP contribution is 2.25. The van der Waals surface area contributed by atoms with Gasteiger partial charge < -0.3 is 35.3 Å². The highest BCUT2D eigenvalue weighted by Gasteiger charge is 2.17. The minimum atomic E-state index is -0.754. The molecule has 0 saturated heterocycles. The Kier molecular flexibility index (Phi) is 12.8. The van der Waals surface area contributed by atoms with Gasteiger partial charge in [0.25, 0.3) is 0 Å². The van der Waals surface area contributed by atoms with E-state index in [2.05, 4.69) is 10.6 Å². The Balaban J connectivity index is 2.35. The number of carbonyl (C=O) groups excluding carboxylic acids is 3. The lowest BCUT2D eigenvalue weighted by Gasteiger charge is -2.19. The summed E-state index contributed by atoms with van der Waals surface area (Å²) in [5, 5.41) is 5.23. The van der Waals surface area contributed by atoms with Crippen molar-refractivity contribution in [2.24, 2.45) is 5.73 Å². The molecule has 0 heterocycles. The van der Waals surface area contributed by atoms with Crippen molar-refractivity contribution in [1.29, 1.82) is 0 Å². The van der Waals surface area contributed by atoms with Crippen molar-refractivity contribution in [1.82, 2.24) is 10.6 Å². The molecule has 4 N–H and O–H groups in total. The molecule has 192 valence electrons. The van der Waals surface area contributed by atoms with Gasteiger partial charge in [0.1, 0.15) is 29.7 Å². The van der Waals surface area contributed by atoms with Crippen LogP contribution in [-0.2, 0) is 25.7 Å². The Labute approximate surface area is 201 Å². The number of hydrogen-bond acceptors (Lipinski definition) is 8. The number of nitrogens with two attached hydrogens (primary N) is 1. The van der Waals surface area contributed by atoms with Crippen LogP contribution in [0.15, 0.2) is 18.2 Å². The number of carbonyl (C=O) groups is 3. The summed E-state index contributed by atoms with van der Waals surface area (Å²) < 4.78 is 21.5.